The molecule has 1 atom stereocenters. The van der Waals surface area contributed by atoms with E-state index in [-0.39, 0.29) is 5.91 Å². The van der Waals surface area contributed by atoms with Crippen LogP contribution >= 0.6 is 11.6 Å². The lowest BCUT2D eigenvalue weighted by atomic mass is 10.0. The Hall–Kier alpha value is -4.11. The van der Waals surface area contributed by atoms with Gasteiger partial charge >= 0.3 is 6.09 Å². The molecule has 0 aliphatic carbocycles. The Morgan fingerprint density at radius 3 is 2.57 bits per heavy atom. The number of rotatable bonds is 9. The highest BCUT2D eigenvalue weighted by molar-refractivity contribution is 6.31. The molecule has 2 heterocycles. The highest BCUT2D eigenvalue weighted by Crippen LogP contribution is 2.29. The molecule has 0 radical (unpaired) electrons. The second-order valence-corrected chi connectivity index (χ2v) is 8.23. The van der Waals surface area contributed by atoms with Gasteiger partial charge in [0.25, 0.3) is 0 Å². The molecule has 9 nitrogen and oxygen atoms in total. The van der Waals surface area contributed by atoms with Crippen molar-refractivity contribution in [2.24, 2.45) is 0 Å². The summed E-state index contributed by atoms with van der Waals surface area (Å²) in [5.74, 6) is 0.444. The fourth-order valence-corrected chi connectivity index (χ4v) is 3.86. The fourth-order valence-electron chi connectivity index (χ4n) is 3.61. The van der Waals surface area contributed by atoms with Crippen LogP contribution in [0.15, 0.2) is 67.1 Å². The lowest BCUT2D eigenvalue weighted by Gasteiger charge is -2.17. The van der Waals surface area contributed by atoms with Crippen molar-refractivity contribution >= 4 is 29.3 Å². The minimum absolute atomic E-state index is 0.110. The van der Waals surface area contributed by atoms with Crippen LogP contribution in [-0.2, 0) is 22.4 Å². The first kappa shape index (κ1) is 24.0. The Labute approximate surface area is 207 Å². The van der Waals surface area contributed by atoms with Crippen LogP contribution in [0.3, 0.4) is 0 Å². The van der Waals surface area contributed by atoms with Crippen molar-refractivity contribution in [1.29, 1.82) is 0 Å². The van der Waals surface area contributed by atoms with Gasteiger partial charge in [-0.15, -0.1) is 0 Å². The van der Waals surface area contributed by atoms with Gasteiger partial charge in [0.15, 0.2) is 0 Å². The smallest absolute Gasteiger partial charge is 0.411 e. The summed E-state index contributed by atoms with van der Waals surface area (Å²) in [7, 11) is 1.30. The summed E-state index contributed by atoms with van der Waals surface area (Å²) >= 11 is 6.51. The zero-order valence-electron chi connectivity index (χ0n) is 19.0. The number of anilines is 1. The molecule has 0 bridgehead atoms. The number of aryl methyl sites for hydroxylation is 1. The number of methoxy groups -OCH3 is 1. The number of benzene rings is 2. The molecule has 0 unspecified atom stereocenters. The molecular formula is C25H25ClN6O3. The number of halogens is 1. The van der Waals surface area contributed by atoms with Crippen LogP contribution in [0, 0.1) is 0 Å². The molecule has 180 valence electrons. The van der Waals surface area contributed by atoms with E-state index in [0.717, 1.165) is 16.8 Å². The normalized spacial score (nSPS) is 11.6. The lowest BCUT2D eigenvalue weighted by Crippen LogP contribution is -2.31. The number of hydrogen-bond acceptors (Lipinski definition) is 5. The van der Waals surface area contributed by atoms with Gasteiger partial charge in [-0.1, -0.05) is 54.1 Å². The third-order valence-corrected chi connectivity index (χ3v) is 5.65. The largest absolute Gasteiger partial charge is 0.453 e. The first-order valence-corrected chi connectivity index (χ1v) is 11.4. The number of amides is 2. The summed E-state index contributed by atoms with van der Waals surface area (Å²) in [5.41, 5.74) is 3.77. The number of hydrogen-bond donors (Lipinski definition) is 4. The van der Waals surface area contributed by atoms with E-state index in [0.29, 0.717) is 41.6 Å². The number of ether oxygens (including phenoxy) is 1. The first-order valence-electron chi connectivity index (χ1n) is 11.0. The van der Waals surface area contributed by atoms with Crippen molar-refractivity contribution in [2.75, 3.05) is 12.4 Å². The minimum Gasteiger partial charge on any atom is -0.453 e. The summed E-state index contributed by atoms with van der Waals surface area (Å²) in [5, 5.41) is 6.04. The van der Waals surface area contributed by atoms with Gasteiger partial charge in [0, 0.05) is 23.9 Å². The third kappa shape index (κ3) is 6.48. The number of carbonyl (C=O) groups is 2. The molecule has 4 aromatic rings. The molecule has 4 rings (SSSR count). The molecule has 2 aromatic carbocycles. The van der Waals surface area contributed by atoms with Crippen LogP contribution in [0.4, 0.5) is 10.5 Å². The molecule has 0 aliphatic heterocycles. The molecule has 0 saturated carbocycles. The van der Waals surface area contributed by atoms with Gasteiger partial charge in [-0.25, -0.2) is 14.8 Å². The maximum Gasteiger partial charge on any atom is 0.411 e. The first-order chi connectivity index (χ1) is 17.0. The van der Waals surface area contributed by atoms with Gasteiger partial charge in [0.05, 0.1) is 25.2 Å². The molecule has 0 spiro atoms. The van der Waals surface area contributed by atoms with Crippen molar-refractivity contribution in [1.82, 2.24) is 25.3 Å². The van der Waals surface area contributed by atoms with Crippen molar-refractivity contribution in [3.8, 4) is 11.3 Å². The van der Waals surface area contributed by atoms with E-state index in [4.69, 9.17) is 16.6 Å². The van der Waals surface area contributed by atoms with E-state index in [9.17, 15) is 9.59 Å². The summed E-state index contributed by atoms with van der Waals surface area (Å²) in [6.07, 6.45) is 4.19. The highest BCUT2D eigenvalue weighted by Gasteiger charge is 2.21. The quantitative estimate of drug-likeness (QED) is 0.270. The number of carbonyl (C=O) groups excluding carboxylic acids is 2. The molecule has 2 aromatic heterocycles. The molecular weight excluding hydrogens is 468 g/mol. The van der Waals surface area contributed by atoms with Gasteiger partial charge in [-0.2, -0.15) is 0 Å². The molecule has 0 aliphatic rings. The third-order valence-electron chi connectivity index (χ3n) is 5.38. The van der Waals surface area contributed by atoms with Crippen LogP contribution in [0.5, 0.6) is 0 Å². The van der Waals surface area contributed by atoms with Crippen LogP contribution in [-0.4, -0.2) is 39.0 Å². The minimum atomic E-state index is -0.551. The number of aromatic nitrogens is 4. The standard InChI is InChI=1S/C25H25ClN6O3/c1-35-25(34)29-18-9-7-17(8-10-18)22-23(26)32-24(31-22)20(13-16-5-3-2-4-6-16)30-21(33)12-11-19-14-27-15-28-19/h2-10,14-15,20H,11-13H2,1H3,(H,27,28)(H,29,34)(H,30,33)(H,31,32)/t20-/m0/s1. The predicted molar refractivity (Wildman–Crippen MR) is 133 cm³/mol. The molecule has 0 saturated heterocycles. The Bertz CT molecular complexity index is 1260. The average Bonchev–Trinajstić information content (AvgIpc) is 3.53. The second kappa shape index (κ2) is 11.3. The summed E-state index contributed by atoms with van der Waals surface area (Å²) < 4.78 is 4.61. The Balaban J connectivity index is 1.53. The van der Waals surface area contributed by atoms with Gasteiger partial charge in [-0.05, 0) is 30.5 Å². The molecule has 10 heteroatoms. The van der Waals surface area contributed by atoms with Gasteiger partial charge in [0.1, 0.15) is 16.7 Å². The Morgan fingerprint density at radius 2 is 1.89 bits per heavy atom. The van der Waals surface area contributed by atoms with Crippen LogP contribution in [0.25, 0.3) is 11.3 Å². The Morgan fingerprint density at radius 1 is 1.11 bits per heavy atom. The monoisotopic (exact) mass is 492 g/mol. The van der Waals surface area contributed by atoms with E-state index < -0.39 is 12.1 Å². The fraction of sp³-hybridized carbons (Fsp3) is 0.200. The second-order valence-electron chi connectivity index (χ2n) is 7.85. The average molecular weight is 493 g/mol. The summed E-state index contributed by atoms with van der Waals surface area (Å²) in [6, 6.07) is 16.5. The van der Waals surface area contributed by atoms with E-state index >= 15 is 0 Å². The van der Waals surface area contributed by atoms with Gasteiger partial charge in [0.2, 0.25) is 5.91 Å². The maximum atomic E-state index is 12.8. The Kier molecular flexibility index (Phi) is 7.79. The highest BCUT2D eigenvalue weighted by atomic mass is 35.5. The molecule has 35 heavy (non-hydrogen) atoms. The lowest BCUT2D eigenvalue weighted by molar-refractivity contribution is -0.121. The number of nitrogens with one attached hydrogen (secondary N) is 4. The van der Waals surface area contributed by atoms with Crippen molar-refractivity contribution in [2.45, 2.75) is 25.3 Å². The van der Waals surface area contributed by atoms with E-state index in [1.807, 2.05) is 30.3 Å². The van der Waals surface area contributed by atoms with Crippen LogP contribution < -0.4 is 10.6 Å². The summed E-state index contributed by atoms with van der Waals surface area (Å²) in [4.78, 5) is 39.1. The SMILES string of the molecule is COC(=O)Nc1ccc(-c2nc([C@H](Cc3ccccc3)NC(=O)CCc3c[nH]cn3)[nH]c2Cl)cc1. The number of imidazole rings is 2. The van der Waals surface area contributed by atoms with E-state index in [2.05, 4.69) is 30.3 Å². The van der Waals surface area contributed by atoms with Crippen molar-refractivity contribution in [3.63, 3.8) is 0 Å². The van der Waals surface area contributed by atoms with Crippen molar-refractivity contribution in [3.05, 3.63) is 89.4 Å². The van der Waals surface area contributed by atoms with Gasteiger partial charge in [-0.3, -0.25) is 10.1 Å². The zero-order valence-corrected chi connectivity index (χ0v) is 19.8. The van der Waals surface area contributed by atoms with Crippen LogP contribution in [0.2, 0.25) is 5.15 Å². The summed E-state index contributed by atoms with van der Waals surface area (Å²) in [6.45, 7) is 0. The van der Waals surface area contributed by atoms with E-state index in [1.54, 1.807) is 36.8 Å². The van der Waals surface area contributed by atoms with Crippen molar-refractivity contribution < 1.29 is 14.3 Å². The van der Waals surface area contributed by atoms with E-state index in [1.165, 1.54) is 7.11 Å². The zero-order chi connectivity index (χ0) is 24.6. The molecule has 4 N–H and O–H groups in total. The van der Waals surface area contributed by atoms with Gasteiger partial charge < -0.3 is 20.0 Å². The maximum absolute atomic E-state index is 12.8. The number of H-pyrrole nitrogens is 2. The molecule has 0 fully saturated rings. The predicted octanol–water partition coefficient (Wildman–Crippen LogP) is 4.66. The topological polar surface area (TPSA) is 125 Å². The molecule has 2 amide bonds. The number of aromatic amines is 2. The van der Waals surface area contributed by atoms with Crippen LogP contribution in [0.1, 0.15) is 29.5 Å². The number of nitrogens with zero attached hydrogens (tertiary/aromatic N) is 2.